The highest BCUT2D eigenvalue weighted by Crippen LogP contribution is 1.96. The summed E-state index contributed by atoms with van der Waals surface area (Å²) >= 11 is 0. The molecule has 1 rings (SSSR count). The van der Waals surface area contributed by atoms with Crippen LogP contribution in [0.25, 0.3) is 0 Å². The molecule has 0 bridgehead atoms. The van der Waals surface area contributed by atoms with E-state index in [0.29, 0.717) is 5.82 Å². The Morgan fingerprint density at radius 3 is 3.08 bits per heavy atom. The van der Waals surface area contributed by atoms with E-state index in [-0.39, 0.29) is 19.4 Å². The maximum atomic E-state index is 10.2. The van der Waals surface area contributed by atoms with E-state index in [0.717, 1.165) is 0 Å². The molecule has 0 saturated carbocycles. The van der Waals surface area contributed by atoms with Crippen LogP contribution >= 0.6 is 0 Å². The van der Waals surface area contributed by atoms with Crippen molar-refractivity contribution < 1.29 is 9.90 Å². The van der Waals surface area contributed by atoms with Gasteiger partial charge in [-0.1, -0.05) is 0 Å². The number of tetrazole rings is 1. The second-order valence-electron chi connectivity index (χ2n) is 2.30. The van der Waals surface area contributed by atoms with Crippen LogP contribution in [0, 0.1) is 11.3 Å². The summed E-state index contributed by atoms with van der Waals surface area (Å²) < 4.78 is 1.28. The Kier molecular flexibility index (Phi) is 2.92. The Balaban J connectivity index is 2.61. The van der Waals surface area contributed by atoms with E-state index in [1.54, 1.807) is 0 Å². The van der Waals surface area contributed by atoms with Crippen molar-refractivity contribution in [2.75, 3.05) is 0 Å². The molecular formula is C6H7N5O2. The number of rotatable bonds is 4. The van der Waals surface area contributed by atoms with Crippen LogP contribution in [-0.2, 0) is 17.8 Å². The van der Waals surface area contributed by atoms with Gasteiger partial charge in [-0.3, -0.25) is 4.79 Å². The van der Waals surface area contributed by atoms with Crippen molar-refractivity contribution in [1.82, 2.24) is 20.2 Å². The number of carboxylic acid groups (broad SMARTS) is 1. The molecule has 13 heavy (non-hydrogen) atoms. The Labute approximate surface area is 73.6 Å². The molecule has 7 nitrogen and oxygen atoms in total. The predicted molar refractivity (Wildman–Crippen MR) is 39.4 cm³/mol. The van der Waals surface area contributed by atoms with Gasteiger partial charge in [0.15, 0.2) is 5.82 Å². The third-order valence-corrected chi connectivity index (χ3v) is 1.39. The van der Waals surface area contributed by atoms with Gasteiger partial charge in [-0.25, -0.2) is 4.68 Å². The molecule has 0 saturated heterocycles. The molecule has 0 aliphatic carbocycles. The largest absolute Gasteiger partial charge is 0.481 e. The van der Waals surface area contributed by atoms with Gasteiger partial charge in [0.05, 0.1) is 12.5 Å². The van der Waals surface area contributed by atoms with Gasteiger partial charge >= 0.3 is 5.97 Å². The quantitative estimate of drug-likeness (QED) is 0.652. The Hall–Kier alpha value is -1.97. The smallest absolute Gasteiger partial charge is 0.303 e. The van der Waals surface area contributed by atoms with Crippen LogP contribution in [-0.4, -0.2) is 31.3 Å². The first-order valence-corrected chi connectivity index (χ1v) is 3.58. The van der Waals surface area contributed by atoms with Crippen molar-refractivity contribution in [2.24, 2.45) is 0 Å². The maximum Gasteiger partial charge on any atom is 0.303 e. The van der Waals surface area contributed by atoms with Crippen molar-refractivity contribution in [3.05, 3.63) is 5.82 Å². The summed E-state index contributed by atoms with van der Waals surface area (Å²) in [5, 5.41) is 27.2. The van der Waals surface area contributed by atoms with Crippen molar-refractivity contribution in [2.45, 2.75) is 19.4 Å². The lowest BCUT2D eigenvalue weighted by Crippen LogP contribution is -2.07. The number of hydrogen-bond acceptors (Lipinski definition) is 5. The second kappa shape index (κ2) is 4.15. The molecule has 0 amide bonds. The molecule has 0 unspecified atom stereocenters. The highest BCUT2D eigenvalue weighted by atomic mass is 16.4. The molecule has 0 atom stereocenters. The topological polar surface area (TPSA) is 105 Å². The summed E-state index contributed by atoms with van der Waals surface area (Å²) in [7, 11) is 0. The van der Waals surface area contributed by atoms with Crippen LogP contribution in [0.4, 0.5) is 0 Å². The minimum atomic E-state index is -0.911. The number of nitrogens with zero attached hydrogens (tertiary/aromatic N) is 5. The van der Waals surface area contributed by atoms with E-state index in [1.165, 1.54) is 4.68 Å². The first-order valence-electron chi connectivity index (χ1n) is 3.58. The highest BCUT2D eigenvalue weighted by molar-refractivity contribution is 5.66. The molecule has 0 aliphatic rings. The summed E-state index contributed by atoms with van der Waals surface area (Å²) in [5.41, 5.74) is 0. The summed E-state index contributed by atoms with van der Waals surface area (Å²) in [4.78, 5) is 10.2. The van der Waals surface area contributed by atoms with Crippen LogP contribution in [0.2, 0.25) is 0 Å². The molecule has 1 heterocycles. The first-order chi connectivity index (χ1) is 6.24. The van der Waals surface area contributed by atoms with Crippen molar-refractivity contribution in [1.29, 1.82) is 5.26 Å². The average Bonchev–Trinajstić information content (AvgIpc) is 2.49. The van der Waals surface area contributed by atoms with Gasteiger partial charge in [-0.2, -0.15) is 5.26 Å². The highest BCUT2D eigenvalue weighted by Gasteiger charge is 2.07. The van der Waals surface area contributed by atoms with Gasteiger partial charge in [-0.15, -0.1) is 5.10 Å². The van der Waals surface area contributed by atoms with Gasteiger partial charge < -0.3 is 5.11 Å². The fraction of sp³-hybridized carbons (Fsp3) is 0.500. The Morgan fingerprint density at radius 1 is 1.69 bits per heavy atom. The van der Waals surface area contributed by atoms with Crippen LogP contribution in [0.5, 0.6) is 0 Å². The first kappa shape index (κ1) is 9.12. The van der Waals surface area contributed by atoms with E-state index in [9.17, 15) is 4.79 Å². The third-order valence-electron chi connectivity index (χ3n) is 1.39. The lowest BCUT2D eigenvalue weighted by Gasteiger charge is -1.96. The van der Waals surface area contributed by atoms with Crippen LogP contribution in [0.15, 0.2) is 0 Å². The lowest BCUT2D eigenvalue weighted by molar-refractivity contribution is -0.137. The second-order valence-corrected chi connectivity index (χ2v) is 2.30. The number of aliphatic carboxylic acids is 1. The van der Waals surface area contributed by atoms with E-state index in [4.69, 9.17) is 10.4 Å². The van der Waals surface area contributed by atoms with Crippen LogP contribution in [0.1, 0.15) is 12.2 Å². The summed E-state index contributed by atoms with van der Waals surface area (Å²) in [5.74, 6) is -0.490. The lowest BCUT2D eigenvalue weighted by atomic mass is 10.3. The van der Waals surface area contributed by atoms with E-state index >= 15 is 0 Å². The number of aryl methyl sites for hydroxylation is 1. The SMILES string of the molecule is N#CCn1nnnc1CCC(=O)O. The number of carboxylic acids is 1. The zero-order valence-corrected chi connectivity index (χ0v) is 6.71. The number of carbonyl (C=O) groups is 1. The maximum absolute atomic E-state index is 10.2. The van der Waals surface area contributed by atoms with Crippen LogP contribution in [0.3, 0.4) is 0 Å². The van der Waals surface area contributed by atoms with Gasteiger partial charge in [0.25, 0.3) is 0 Å². The standard InChI is InChI=1S/C6H7N5O2/c7-3-4-11-5(8-9-10-11)1-2-6(12)13/h1-2,4H2,(H,12,13). The summed E-state index contributed by atoms with van der Waals surface area (Å²) in [6.45, 7) is 0.0436. The minimum absolute atomic E-state index is 0.0359. The fourth-order valence-electron chi connectivity index (χ4n) is 0.811. The van der Waals surface area contributed by atoms with Gasteiger partial charge in [-0.05, 0) is 10.4 Å². The molecule has 0 radical (unpaired) electrons. The van der Waals surface area contributed by atoms with Crippen molar-refractivity contribution in [3.63, 3.8) is 0 Å². The van der Waals surface area contributed by atoms with E-state index < -0.39 is 5.97 Å². The molecule has 0 spiro atoms. The summed E-state index contributed by atoms with van der Waals surface area (Å²) in [6.07, 6.45) is 0.204. The Morgan fingerprint density at radius 2 is 2.46 bits per heavy atom. The molecule has 1 aromatic rings. The molecule has 0 aliphatic heterocycles. The molecule has 0 aromatic carbocycles. The number of hydrogen-bond donors (Lipinski definition) is 1. The average molecular weight is 181 g/mol. The third kappa shape index (κ3) is 2.52. The molecular weight excluding hydrogens is 174 g/mol. The van der Waals surface area contributed by atoms with Crippen molar-refractivity contribution >= 4 is 5.97 Å². The monoisotopic (exact) mass is 181 g/mol. The summed E-state index contributed by atoms with van der Waals surface area (Å²) in [6, 6.07) is 1.87. The molecule has 1 aromatic heterocycles. The predicted octanol–water partition coefficient (Wildman–Crippen LogP) is -0.786. The molecule has 7 heteroatoms. The number of nitriles is 1. The normalized spacial score (nSPS) is 9.46. The van der Waals surface area contributed by atoms with Crippen LogP contribution < -0.4 is 0 Å². The fourth-order valence-corrected chi connectivity index (χ4v) is 0.811. The van der Waals surface area contributed by atoms with Crippen molar-refractivity contribution in [3.8, 4) is 6.07 Å². The molecule has 1 N–H and O–H groups in total. The van der Waals surface area contributed by atoms with E-state index in [2.05, 4.69) is 15.5 Å². The zero-order chi connectivity index (χ0) is 9.68. The Bertz CT molecular complexity index is 339. The number of aromatic nitrogens is 4. The van der Waals surface area contributed by atoms with E-state index in [1.807, 2.05) is 6.07 Å². The van der Waals surface area contributed by atoms with Gasteiger partial charge in [0.2, 0.25) is 0 Å². The van der Waals surface area contributed by atoms with Gasteiger partial charge in [0, 0.05) is 6.42 Å². The van der Waals surface area contributed by atoms with Gasteiger partial charge in [0.1, 0.15) is 6.54 Å². The minimum Gasteiger partial charge on any atom is -0.481 e. The molecule has 0 fully saturated rings. The molecule has 68 valence electrons. The zero-order valence-electron chi connectivity index (χ0n) is 6.71.